The van der Waals surface area contributed by atoms with E-state index in [1.54, 1.807) is 16.7 Å². The highest BCUT2D eigenvalue weighted by Crippen LogP contribution is 2.38. The number of hydrogen-bond donors (Lipinski definition) is 0. The predicted octanol–water partition coefficient (Wildman–Crippen LogP) is 6.25. The van der Waals surface area contributed by atoms with Crippen LogP contribution in [0.3, 0.4) is 0 Å². The molecular formula is C27H25N3OS. The summed E-state index contributed by atoms with van der Waals surface area (Å²) in [6, 6.07) is 25.8. The normalized spacial score (nSPS) is 17.5. The number of amidine groups is 2. The van der Waals surface area contributed by atoms with Crippen molar-refractivity contribution in [2.75, 3.05) is 0 Å². The van der Waals surface area contributed by atoms with Gasteiger partial charge in [-0.15, -0.1) is 0 Å². The Kier molecular flexibility index (Phi) is 5.22. The Balaban J connectivity index is 1.45. The SMILES string of the molecule is CC(C)(C)c1ccc(CSC2=Nc3ccccc3C3=N[C@H](c4ccccc4)C(=O)N23)cc1. The van der Waals surface area contributed by atoms with Gasteiger partial charge in [-0.05, 0) is 34.2 Å². The molecule has 0 aromatic heterocycles. The second-order valence-corrected chi connectivity index (χ2v) is 10.0. The molecule has 160 valence electrons. The van der Waals surface area contributed by atoms with Gasteiger partial charge in [0.1, 0.15) is 5.84 Å². The molecule has 32 heavy (non-hydrogen) atoms. The van der Waals surface area contributed by atoms with Crippen molar-refractivity contribution in [2.24, 2.45) is 9.98 Å². The number of benzene rings is 3. The second-order valence-electron chi connectivity index (χ2n) is 9.09. The minimum Gasteiger partial charge on any atom is -0.271 e. The highest BCUT2D eigenvalue weighted by atomic mass is 32.2. The Bertz CT molecular complexity index is 1220. The lowest BCUT2D eigenvalue weighted by Gasteiger charge is -2.25. The molecule has 0 unspecified atom stereocenters. The summed E-state index contributed by atoms with van der Waals surface area (Å²) in [6.45, 7) is 6.65. The third-order valence-electron chi connectivity index (χ3n) is 5.77. The minimum atomic E-state index is -0.533. The number of carbonyl (C=O) groups is 1. The van der Waals surface area contributed by atoms with Crippen molar-refractivity contribution in [3.05, 3.63) is 101 Å². The molecule has 2 aliphatic rings. The van der Waals surface area contributed by atoms with Crippen LogP contribution in [-0.4, -0.2) is 21.8 Å². The molecule has 1 amide bonds. The molecular weight excluding hydrogens is 414 g/mol. The van der Waals surface area contributed by atoms with Gasteiger partial charge in [-0.1, -0.05) is 99.3 Å². The summed E-state index contributed by atoms with van der Waals surface area (Å²) in [5.41, 5.74) is 5.30. The summed E-state index contributed by atoms with van der Waals surface area (Å²) in [7, 11) is 0. The maximum absolute atomic E-state index is 13.4. The van der Waals surface area contributed by atoms with Gasteiger partial charge in [0.2, 0.25) is 0 Å². The van der Waals surface area contributed by atoms with Gasteiger partial charge in [-0.3, -0.25) is 4.79 Å². The van der Waals surface area contributed by atoms with Crippen molar-refractivity contribution >= 4 is 34.4 Å². The van der Waals surface area contributed by atoms with Crippen molar-refractivity contribution in [1.82, 2.24) is 4.90 Å². The molecule has 2 heterocycles. The van der Waals surface area contributed by atoms with E-state index in [9.17, 15) is 4.79 Å². The maximum atomic E-state index is 13.4. The molecule has 0 N–H and O–H groups in total. The molecule has 0 bridgehead atoms. The molecule has 5 heteroatoms. The molecule has 3 aromatic rings. The van der Waals surface area contributed by atoms with Crippen molar-refractivity contribution in [3.63, 3.8) is 0 Å². The monoisotopic (exact) mass is 439 g/mol. The number of nitrogens with zero attached hydrogens (tertiary/aromatic N) is 3. The quantitative estimate of drug-likeness (QED) is 0.484. The van der Waals surface area contributed by atoms with Gasteiger partial charge in [0.15, 0.2) is 11.2 Å². The first-order valence-electron chi connectivity index (χ1n) is 10.8. The van der Waals surface area contributed by atoms with E-state index < -0.39 is 6.04 Å². The van der Waals surface area contributed by atoms with Crippen LogP contribution in [0, 0.1) is 0 Å². The first-order chi connectivity index (χ1) is 15.4. The predicted molar refractivity (Wildman–Crippen MR) is 133 cm³/mol. The summed E-state index contributed by atoms with van der Waals surface area (Å²) < 4.78 is 0. The first-order valence-corrected chi connectivity index (χ1v) is 11.8. The Morgan fingerprint density at radius 3 is 2.31 bits per heavy atom. The molecule has 3 aromatic carbocycles. The minimum absolute atomic E-state index is 0.0463. The number of rotatable bonds is 3. The van der Waals surface area contributed by atoms with Gasteiger partial charge >= 0.3 is 0 Å². The zero-order valence-electron chi connectivity index (χ0n) is 18.4. The standard InChI is InChI=1S/C27H25N3OS/c1-27(2,3)20-15-13-18(14-16-20)17-32-26-28-22-12-8-7-11-21(22)24-29-23(25(31)30(24)26)19-9-5-4-6-10-19/h4-16,23H,17H2,1-3H3/t23-/m1/s1. The summed E-state index contributed by atoms with van der Waals surface area (Å²) in [6.07, 6.45) is 0. The highest BCUT2D eigenvalue weighted by Gasteiger charge is 2.41. The summed E-state index contributed by atoms with van der Waals surface area (Å²) in [5, 5.41) is 0.686. The number of hydrogen-bond acceptors (Lipinski definition) is 4. The van der Waals surface area contributed by atoms with Crippen molar-refractivity contribution in [3.8, 4) is 0 Å². The smallest absolute Gasteiger partial charge is 0.263 e. The van der Waals surface area contributed by atoms with Crippen LogP contribution in [0.1, 0.15) is 49.1 Å². The van der Waals surface area contributed by atoms with E-state index in [0.29, 0.717) is 11.0 Å². The lowest BCUT2D eigenvalue weighted by atomic mass is 9.87. The van der Waals surface area contributed by atoms with Crippen LogP contribution in [0.5, 0.6) is 0 Å². The second kappa shape index (κ2) is 8.06. The first kappa shape index (κ1) is 20.7. The van der Waals surface area contributed by atoms with Crippen LogP contribution in [0.25, 0.3) is 0 Å². The summed E-state index contributed by atoms with van der Waals surface area (Å²) in [5.74, 6) is 1.38. The van der Waals surface area contributed by atoms with Crippen LogP contribution in [-0.2, 0) is 16.0 Å². The molecule has 1 atom stereocenters. The maximum Gasteiger partial charge on any atom is 0.263 e. The molecule has 0 fully saturated rings. The average molecular weight is 440 g/mol. The highest BCUT2D eigenvalue weighted by molar-refractivity contribution is 8.13. The molecule has 2 aliphatic heterocycles. The number of amides is 1. The number of carbonyl (C=O) groups excluding carboxylic acids is 1. The van der Waals surface area contributed by atoms with Gasteiger partial charge in [-0.25, -0.2) is 14.9 Å². The number of thioether (sulfide) groups is 1. The fourth-order valence-electron chi connectivity index (χ4n) is 3.95. The van der Waals surface area contributed by atoms with Gasteiger partial charge in [-0.2, -0.15) is 0 Å². The van der Waals surface area contributed by atoms with Gasteiger partial charge in [0.05, 0.1) is 5.69 Å². The van der Waals surface area contributed by atoms with E-state index in [4.69, 9.17) is 9.98 Å². The van der Waals surface area contributed by atoms with Crippen LogP contribution in [0.4, 0.5) is 5.69 Å². The lowest BCUT2D eigenvalue weighted by Crippen LogP contribution is -2.39. The summed E-state index contributed by atoms with van der Waals surface area (Å²) in [4.78, 5) is 24.8. The molecule has 0 aliphatic carbocycles. The van der Waals surface area contributed by atoms with E-state index in [1.807, 2.05) is 54.6 Å². The van der Waals surface area contributed by atoms with Gasteiger partial charge < -0.3 is 0 Å². The van der Waals surface area contributed by atoms with Crippen LogP contribution < -0.4 is 0 Å². The Labute approximate surface area is 193 Å². The van der Waals surface area contributed by atoms with E-state index in [1.165, 1.54) is 11.1 Å². The van der Waals surface area contributed by atoms with Crippen LogP contribution >= 0.6 is 11.8 Å². The summed E-state index contributed by atoms with van der Waals surface area (Å²) >= 11 is 1.58. The zero-order valence-corrected chi connectivity index (χ0v) is 19.3. The Hall–Kier alpha value is -3.18. The number of fused-ring (bicyclic) bond motifs is 3. The molecule has 0 saturated carbocycles. The molecule has 4 nitrogen and oxygen atoms in total. The third-order valence-corrected chi connectivity index (χ3v) is 6.78. The topological polar surface area (TPSA) is 45.0 Å². The van der Waals surface area contributed by atoms with Gasteiger partial charge in [0, 0.05) is 11.3 Å². The molecule has 0 saturated heterocycles. The number of aliphatic imine (C=N–C) groups is 2. The largest absolute Gasteiger partial charge is 0.271 e. The molecule has 0 radical (unpaired) electrons. The van der Waals surface area contributed by atoms with Crippen molar-refractivity contribution in [1.29, 1.82) is 0 Å². The van der Waals surface area contributed by atoms with E-state index in [-0.39, 0.29) is 11.3 Å². The van der Waals surface area contributed by atoms with Crippen LogP contribution in [0.15, 0.2) is 88.8 Å². The molecule has 5 rings (SSSR count). The van der Waals surface area contributed by atoms with Crippen LogP contribution in [0.2, 0.25) is 0 Å². The average Bonchev–Trinajstić information content (AvgIpc) is 3.15. The van der Waals surface area contributed by atoms with E-state index >= 15 is 0 Å². The number of para-hydroxylation sites is 1. The Morgan fingerprint density at radius 2 is 1.59 bits per heavy atom. The lowest BCUT2D eigenvalue weighted by molar-refractivity contribution is -0.124. The van der Waals surface area contributed by atoms with E-state index in [0.717, 1.165) is 22.6 Å². The van der Waals surface area contributed by atoms with Crippen molar-refractivity contribution < 1.29 is 4.79 Å². The Morgan fingerprint density at radius 1 is 0.906 bits per heavy atom. The van der Waals surface area contributed by atoms with Gasteiger partial charge in [0.25, 0.3) is 5.91 Å². The zero-order chi connectivity index (χ0) is 22.3. The fraction of sp³-hybridized carbons (Fsp3) is 0.222. The fourth-order valence-corrected chi connectivity index (χ4v) is 4.90. The van der Waals surface area contributed by atoms with Crippen molar-refractivity contribution in [2.45, 2.75) is 38.0 Å². The molecule has 0 spiro atoms. The third kappa shape index (κ3) is 3.78. The van der Waals surface area contributed by atoms with E-state index in [2.05, 4.69) is 45.0 Å².